The molecule has 0 spiro atoms. The Kier molecular flexibility index (Phi) is 5.15. The second-order valence-electron chi connectivity index (χ2n) is 7.57. The number of likely N-dealkylation sites (tertiary alicyclic amines) is 1. The Labute approximate surface area is 153 Å². The molecule has 0 aliphatic carbocycles. The Bertz CT molecular complexity index is 766. The highest BCUT2D eigenvalue weighted by Gasteiger charge is 2.33. The van der Waals surface area contributed by atoms with Crippen LogP contribution in [0.3, 0.4) is 0 Å². The Balaban J connectivity index is 1.82. The van der Waals surface area contributed by atoms with Crippen LogP contribution >= 0.6 is 0 Å². The average molecular weight is 358 g/mol. The van der Waals surface area contributed by atoms with E-state index >= 15 is 0 Å². The van der Waals surface area contributed by atoms with Crippen molar-refractivity contribution in [3.05, 3.63) is 30.2 Å². The van der Waals surface area contributed by atoms with E-state index in [4.69, 9.17) is 9.26 Å². The lowest BCUT2D eigenvalue weighted by atomic mass is 10.0. The number of methoxy groups -OCH3 is 1. The van der Waals surface area contributed by atoms with Gasteiger partial charge in [-0.1, -0.05) is 17.3 Å². The average Bonchev–Trinajstić information content (AvgIpc) is 3.10. The van der Waals surface area contributed by atoms with Crippen molar-refractivity contribution in [1.82, 2.24) is 20.4 Å². The predicted octanol–water partition coefficient (Wildman–Crippen LogP) is 3.78. The molecule has 7 nitrogen and oxygen atoms in total. The molecule has 1 unspecified atom stereocenters. The topological polar surface area (TPSA) is 80.5 Å². The van der Waals surface area contributed by atoms with Crippen molar-refractivity contribution in [1.29, 1.82) is 0 Å². The summed E-state index contributed by atoms with van der Waals surface area (Å²) in [5, 5.41) is 7.13. The van der Waals surface area contributed by atoms with E-state index < -0.39 is 0 Å². The van der Waals surface area contributed by atoms with Crippen molar-refractivity contribution in [2.45, 2.75) is 51.6 Å². The molecule has 1 saturated heterocycles. The molecule has 3 rings (SSSR count). The highest BCUT2D eigenvalue weighted by Crippen LogP contribution is 2.31. The van der Waals surface area contributed by atoms with Gasteiger partial charge in [0.05, 0.1) is 7.11 Å². The van der Waals surface area contributed by atoms with Crippen LogP contribution in [-0.2, 0) is 0 Å². The molecule has 1 aliphatic rings. The van der Waals surface area contributed by atoms with Gasteiger partial charge in [-0.15, -0.1) is 0 Å². The molecule has 1 fully saturated rings. The van der Waals surface area contributed by atoms with E-state index in [1.165, 1.54) is 0 Å². The van der Waals surface area contributed by atoms with E-state index in [1.54, 1.807) is 12.0 Å². The van der Waals surface area contributed by atoms with Crippen molar-refractivity contribution in [2.75, 3.05) is 13.7 Å². The van der Waals surface area contributed by atoms with E-state index in [-0.39, 0.29) is 17.6 Å². The number of nitrogens with one attached hydrogen (secondary N) is 1. The molecule has 2 amide bonds. The minimum absolute atomic E-state index is 0.0941. The monoisotopic (exact) mass is 358 g/mol. The Morgan fingerprint density at radius 2 is 2.15 bits per heavy atom. The van der Waals surface area contributed by atoms with Gasteiger partial charge in [0.25, 0.3) is 0 Å². The number of rotatable bonds is 3. The van der Waals surface area contributed by atoms with Gasteiger partial charge in [-0.2, -0.15) is 4.98 Å². The first-order valence-electron chi connectivity index (χ1n) is 8.94. The van der Waals surface area contributed by atoms with Gasteiger partial charge in [-0.05, 0) is 52.2 Å². The number of urea groups is 1. The number of amides is 2. The number of carbonyl (C=O) groups is 1. The third-order valence-electron chi connectivity index (χ3n) is 4.30. The number of hydrogen-bond acceptors (Lipinski definition) is 5. The molecule has 7 heteroatoms. The van der Waals surface area contributed by atoms with Crippen LogP contribution in [0.4, 0.5) is 4.79 Å². The van der Waals surface area contributed by atoms with Crippen molar-refractivity contribution in [3.63, 3.8) is 0 Å². The SMILES string of the molecule is COc1cccc(-c2noc(C3CCCCN3C(=O)NC(C)(C)C)n2)c1. The number of benzene rings is 1. The summed E-state index contributed by atoms with van der Waals surface area (Å²) in [6.45, 7) is 6.59. The molecule has 0 saturated carbocycles. The van der Waals surface area contributed by atoms with Gasteiger partial charge in [-0.3, -0.25) is 0 Å². The first kappa shape index (κ1) is 18.2. The van der Waals surface area contributed by atoms with Gasteiger partial charge >= 0.3 is 6.03 Å². The van der Waals surface area contributed by atoms with E-state index in [0.29, 0.717) is 18.3 Å². The van der Waals surface area contributed by atoms with Crippen LogP contribution in [0.2, 0.25) is 0 Å². The lowest BCUT2D eigenvalue weighted by molar-refractivity contribution is 0.126. The fraction of sp³-hybridized carbons (Fsp3) is 0.526. The second kappa shape index (κ2) is 7.35. The fourth-order valence-electron chi connectivity index (χ4n) is 3.07. The molecule has 0 bridgehead atoms. The van der Waals surface area contributed by atoms with E-state index in [1.807, 2.05) is 45.0 Å². The normalized spacial score (nSPS) is 17.8. The maximum absolute atomic E-state index is 12.7. The molecular weight excluding hydrogens is 332 g/mol. The fourth-order valence-corrected chi connectivity index (χ4v) is 3.07. The van der Waals surface area contributed by atoms with E-state index in [0.717, 1.165) is 30.6 Å². The summed E-state index contributed by atoms with van der Waals surface area (Å²) in [7, 11) is 1.62. The third-order valence-corrected chi connectivity index (χ3v) is 4.30. The summed E-state index contributed by atoms with van der Waals surface area (Å²) in [6.07, 6.45) is 2.82. The number of ether oxygens (including phenoxy) is 1. The summed E-state index contributed by atoms with van der Waals surface area (Å²) in [5.74, 6) is 1.71. The van der Waals surface area contributed by atoms with Crippen molar-refractivity contribution >= 4 is 6.03 Å². The number of carbonyl (C=O) groups excluding carboxylic acids is 1. The van der Waals surface area contributed by atoms with Crippen LogP contribution < -0.4 is 10.1 Å². The molecule has 1 atom stereocenters. The molecule has 1 aromatic heterocycles. The predicted molar refractivity (Wildman–Crippen MR) is 97.9 cm³/mol. The quantitative estimate of drug-likeness (QED) is 0.903. The van der Waals surface area contributed by atoms with Crippen LogP contribution in [0, 0.1) is 0 Å². The van der Waals surface area contributed by atoms with Gasteiger partial charge in [0.2, 0.25) is 11.7 Å². The zero-order valence-electron chi connectivity index (χ0n) is 15.8. The number of aromatic nitrogens is 2. The van der Waals surface area contributed by atoms with Gasteiger partial charge in [0.1, 0.15) is 11.8 Å². The van der Waals surface area contributed by atoms with E-state index in [2.05, 4.69) is 15.5 Å². The first-order chi connectivity index (χ1) is 12.4. The van der Waals surface area contributed by atoms with Crippen LogP contribution in [0.1, 0.15) is 52.0 Å². The van der Waals surface area contributed by atoms with Crippen LogP contribution in [0.5, 0.6) is 5.75 Å². The molecule has 2 aromatic rings. The standard InChI is InChI=1S/C19H26N4O3/c1-19(2,3)21-18(24)23-11-6-5-10-15(23)17-20-16(22-26-17)13-8-7-9-14(12-13)25-4/h7-9,12,15H,5-6,10-11H2,1-4H3,(H,21,24). The van der Waals surface area contributed by atoms with Crippen molar-refractivity contribution < 1.29 is 14.1 Å². The van der Waals surface area contributed by atoms with Gasteiger partial charge < -0.3 is 19.5 Å². The smallest absolute Gasteiger partial charge is 0.318 e. The minimum atomic E-state index is -0.292. The first-order valence-corrected chi connectivity index (χ1v) is 8.94. The molecular formula is C19H26N4O3. The number of hydrogen-bond donors (Lipinski definition) is 1. The molecule has 26 heavy (non-hydrogen) atoms. The van der Waals surface area contributed by atoms with Crippen LogP contribution in [-0.4, -0.2) is 40.3 Å². The van der Waals surface area contributed by atoms with Gasteiger partial charge in [0.15, 0.2) is 0 Å². The van der Waals surface area contributed by atoms with E-state index in [9.17, 15) is 4.79 Å². The Morgan fingerprint density at radius 3 is 2.88 bits per heavy atom. The molecule has 1 N–H and O–H groups in total. The Hall–Kier alpha value is -2.57. The lowest BCUT2D eigenvalue weighted by Crippen LogP contribution is -2.50. The highest BCUT2D eigenvalue weighted by molar-refractivity contribution is 5.75. The van der Waals surface area contributed by atoms with Crippen LogP contribution in [0.25, 0.3) is 11.4 Å². The Morgan fingerprint density at radius 1 is 1.35 bits per heavy atom. The lowest BCUT2D eigenvalue weighted by Gasteiger charge is -2.35. The largest absolute Gasteiger partial charge is 0.497 e. The minimum Gasteiger partial charge on any atom is -0.497 e. The molecule has 140 valence electrons. The summed E-state index contributed by atoms with van der Waals surface area (Å²) in [4.78, 5) is 19.0. The third kappa shape index (κ3) is 4.15. The highest BCUT2D eigenvalue weighted by atomic mass is 16.5. The molecule has 1 aromatic carbocycles. The van der Waals surface area contributed by atoms with Crippen LogP contribution in [0.15, 0.2) is 28.8 Å². The molecule has 2 heterocycles. The summed E-state index contributed by atoms with van der Waals surface area (Å²) in [5.41, 5.74) is 0.528. The summed E-state index contributed by atoms with van der Waals surface area (Å²) >= 11 is 0. The maximum Gasteiger partial charge on any atom is 0.318 e. The van der Waals surface area contributed by atoms with Gasteiger partial charge in [0, 0.05) is 17.6 Å². The van der Waals surface area contributed by atoms with Crippen molar-refractivity contribution in [3.8, 4) is 17.1 Å². The maximum atomic E-state index is 12.7. The second-order valence-corrected chi connectivity index (χ2v) is 7.57. The number of piperidine rings is 1. The summed E-state index contributed by atoms with van der Waals surface area (Å²) in [6, 6.07) is 7.22. The molecule has 0 radical (unpaired) electrons. The zero-order valence-corrected chi connectivity index (χ0v) is 15.8. The van der Waals surface area contributed by atoms with Crippen molar-refractivity contribution in [2.24, 2.45) is 0 Å². The molecule has 1 aliphatic heterocycles. The van der Waals surface area contributed by atoms with Gasteiger partial charge in [-0.25, -0.2) is 4.79 Å². The summed E-state index contributed by atoms with van der Waals surface area (Å²) < 4.78 is 10.8. The zero-order chi connectivity index (χ0) is 18.7. The number of nitrogens with zero attached hydrogens (tertiary/aromatic N) is 3.